The third-order valence-corrected chi connectivity index (χ3v) is 4.32. The van der Waals surface area contributed by atoms with E-state index in [2.05, 4.69) is 17.4 Å². The van der Waals surface area contributed by atoms with Gasteiger partial charge in [-0.3, -0.25) is 4.79 Å². The van der Waals surface area contributed by atoms with Gasteiger partial charge in [0.05, 0.1) is 6.61 Å². The van der Waals surface area contributed by atoms with E-state index >= 15 is 0 Å². The molecule has 0 aliphatic carbocycles. The summed E-state index contributed by atoms with van der Waals surface area (Å²) in [4.78, 5) is 14.4. The summed E-state index contributed by atoms with van der Waals surface area (Å²) in [5.74, 6) is 0.966. The zero-order valence-electron chi connectivity index (χ0n) is 14.5. The lowest BCUT2D eigenvalue weighted by molar-refractivity contribution is 0.0940. The molecule has 1 heterocycles. The van der Waals surface area contributed by atoms with Gasteiger partial charge in [0, 0.05) is 37.8 Å². The maximum atomic E-state index is 12.4. The van der Waals surface area contributed by atoms with Crippen LogP contribution in [0.5, 0.6) is 5.75 Å². The van der Waals surface area contributed by atoms with Gasteiger partial charge >= 0.3 is 0 Å². The van der Waals surface area contributed by atoms with Crippen LogP contribution in [0.2, 0.25) is 0 Å². The van der Waals surface area contributed by atoms with E-state index in [1.807, 2.05) is 56.3 Å². The van der Waals surface area contributed by atoms with Crippen molar-refractivity contribution < 1.29 is 9.53 Å². The van der Waals surface area contributed by atoms with Gasteiger partial charge in [-0.2, -0.15) is 0 Å². The molecule has 3 rings (SSSR count). The Kier molecular flexibility index (Phi) is 4.74. The summed E-state index contributed by atoms with van der Waals surface area (Å²) in [6.45, 7) is 2.81. The molecule has 1 aliphatic rings. The number of anilines is 1. The minimum atomic E-state index is -0.0303. The highest BCUT2D eigenvalue weighted by molar-refractivity contribution is 5.94. The number of hydrogen-bond acceptors (Lipinski definition) is 3. The normalized spacial score (nSPS) is 13.8. The fourth-order valence-electron chi connectivity index (χ4n) is 2.99. The number of nitrogens with one attached hydrogen (secondary N) is 1. The summed E-state index contributed by atoms with van der Waals surface area (Å²) in [7, 11) is 3.97. The van der Waals surface area contributed by atoms with E-state index in [0.717, 1.165) is 30.9 Å². The van der Waals surface area contributed by atoms with E-state index in [9.17, 15) is 4.79 Å². The molecule has 0 saturated heterocycles. The molecule has 1 amide bonds. The van der Waals surface area contributed by atoms with E-state index in [1.54, 1.807) is 0 Å². The van der Waals surface area contributed by atoms with E-state index in [0.29, 0.717) is 5.56 Å². The van der Waals surface area contributed by atoms with E-state index in [-0.39, 0.29) is 11.9 Å². The first-order valence-corrected chi connectivity index (χ1v) is 8.36. The molecule has 24 heavy (non-hydrogen) atoms. The average molecular weight is 324 g/mol. The molecule has 0 radical (unpaired) electrons. The molecule has 1 N–H and O–H groups in total. The molecule has 0 fully saturated rings. The molecule has 0 aromatic heterocycles. The summed E-state index contributed by atoms with van der Waals surface area (Å²) in [5.41, 5.74) is 4.27. The Morgan fingerprint density at radius 1 is 1.21 bits per heavy atom. The topological polar surface area (TPSA) is 41.6 Å². The summed E-state index contributed by atoms with van der Waals surface area (Å²) in [6, 6.07) is 14.0. The number of carbonyl (C=O) groups is 1. The van der Waals surface area contributed by atoms with Gasteiger partial charge in [-0.1, -0.05) is 12.1 Å². The second kappa shape index (κ2) is 6.95. The Morgan fingerprint density at radius 2 is 1.96 bits per heavy atom. The van der Waals surface area contributed by atoms with Crippen LogP contribution >= 0.6 is 0 Å². The predicted molar refractivity (Wildman–Crippen MR) is 97.0 cm³/mol. The van der Waals surface area contributed by atoms with Crippen molar-refractivity contribution in [3.05, 3.63) is 59.2 Å². The predicted octanol–water partition coefficient (Wildman–Crippen LogP) is 3.05. The second-order valence-electron chi connectivity index (χ2n) is 6.56. The summed E-state index contributed by atoms with van der Waals surface area (Å²) in [6.07, 6.45) is 1.79. The number of hydrogen-bond donors (Lipinski definition) is 1. The number of carbonyl (C=O) groups excluding carboxylic acids is 1. The average Bonchev–Trinajstić information content (AvgIpc) is 3.02. The Bertz CT molecular complexity index is 723. The van der Waals surface area contributed by atoms with Gasteiger partial charge in [0.2, 0.25) is 0 Å². The van der Waals surface area contributed by atoms with Crippen LogP contribution in [0, 0.1) is 0 Å². The Labute approximate surface area is 143 Å². The lowest BCUT2D eigenvalue weighted by Crippen LogP contribution is -2.34. The van der Waals surface area contributed by atoms with Crippen molar-refractivity contribution in [2.24, 2.45) is 0 Å². The number of fused-ring (bicyclic) bond motifs is 1. The lowest BCUT2D eigenvalue weighted by atomic mass is 10.0. The Morgan fingerprint density at radius 3 is 2.67 bits per heavy atom. The molecule has 1 atom stereocenters. The van der Waals surface area contributed by atoms with Gasteiger partial charge in [0.25, 0.3) is 5.91 Å². The first-order valence-electron chi connectivity index (χ1n) is 8.36. The second-order valence-corrected chi connectivity index (χ2v) is 6.56. The van der Waals surface area contributed by atoms with Crippen LogP contribution < -0.4 is 15.0 Å². The van der Waals surface area contributed by atoms with Gasteiger partial charge in [-0.25, -0.2) is 0 Å². The molecule has 4 nitrogen and oxygen atoms in total. The molecule has 0 spiro atoms. The molecular weight excluding hydrogens is 300 g/mol. The van der Waals surface area contributed by atoms with Crippen molar-refractivity contribution in [1.29, 1.82) is 0 Å². The fourth-order valence-corrected chi connectivity index (χ4v) is 2.99. The first-order chi connectivity index (χ1) is 11.5. The van der Waals surface area contributed by atoms with Crippen LogP contribution in [0.4, 0.5) is 5.69 Å². The van der Waals surface area contributed by atoms with Crippen molar-refractivity contribution in [2.75, 3.05) is 25.6 Å². The molecular formula is C20H24N2O2. The van der Waals surface area contributed by atoms with Crippen molar-refractivity contribution in [2.45, 2.75) is 25.8 Å². The third kappa shape index (κ3) is 3.70. The summed E-state index contributed by atoms with van der Waals surface area (Å²) >= 11 is 0. The highest BCUT2D eigenvalue weighted by atomic mass is 16.5. The van der Waals surface area contributed by atoms with Crippen LogP contribution in [-0.2, 0) is 12.8 Å². The maximum absolute atomic E-state index is 12.4. The van der Waals surface area contributed by atoms with Crippen molar-refractivity contribution in [1.82, 2.24) is 5.32 Å². The van der Waals surface area contributed by atoms with Crippen LogP contribution in [0.3, 0.4) is 0 Å². The first kappa shape index (κ1) is 16.4. The summed E-state index contributed by atoms with van der Waals surface area (Å²) < 4.78 is 5.53. The van der Waals surface area contributed by atoms with Gasteiger partial charge in [0.15, 0.2) is 0 Å². The van der Waals surface area contributed by atoms with Gasteiger partial charge in [-0.15, -0.1) is 0 Å². The highest BCUT2D eigenvalue weighted by Gasteiger charge is 2.14. The minimum Gasteiger partial charge on any atom is -0.493 e. The Balaban J connectivity index is 1.59. The zero-order chi connectivity index (χ0) is 17.1. The van der Waals surface area contributed by atoms with Crippen LogP contribution in [0.1, 0.15) is 28.4 Å². The standard InChI is InChI=1S/C20H24N2O2/c1-14(12-15-4-9-19-17(13-15)10-11-24-19)21-20(23)16-5-7-18(8-6-16)22(2)3/h4-9,13-14H,10-12H2,1-3H3,(H,21,23). The van der Waals surface area contributed by atoms with Crippen LogP contribution in [0.15, 0.2) is 42.5 Å². The molecule has 0 bridgehead atoms. The summed E-state index contributed by atoms with van der Waals surface area (Å²) in [5, 5.41) is 3.08. The van der Waals surface area contributed by atoms with Crippen molar-refractivity contribution in [3.63, 3.8) is 0 Å². The maximum Gasteiger partial charge on any atom is 0.251 e. The number of benzene rings is 2. The monoisotopic (exact) mass is 324 g/mol. The smallest absolute Gasteiger partial charge is 0.251 e. The SMILES string of the molecule is CC(Cc1ccc2c(c1)CCO2)NC(=O)c1ccc(N(C)C)cc1. The van der Waals surface area contributed by atoms with Gasteiger partial charge < -0.3 is 15.0 Å². The van der Waals surface area contributed by atoms with E-state index in [4.69, 9.17) is 4.74 Å². The minimum absolute atomic E-state index is 0.0303. The fraction of sp³-hybridized carbons (Fsp3) is 0.350. The molecule has 2 aromatic carbocycles. The molecule has 2 aromatic rings. The van der Waals surface area contributed by atoms with Crippen molar-refractivity contribution in [3.8, 4) is 5.75 Å². The third-order valence-electron chi connectivity index (χ3n) is 4.32. The molecule has 0 saturated carbocycles. The van der Waals surface area contributed by atoms with Crippen LogP contribution in [0.25, 0.3) is 0 Å². The van der Waals surface area contributed by atoms with Crippen molar-refractivity contribution >= 4 is 11.6 Å². The molecule has 4 heteroatoms. The number of rotatable bonds is 5. The number of ether oxygens (including phenoxy) is 1. The van der Waals surface area contributed by atoms with Gasteiger partial charge in [0.1, 0.15) is 5.75 Å². The van der Waals surface area contributed by atoms with Gasteiger partial charge in [-0.05, 0) is 54.8 Å². The molecule has 1 aliphatic heterocycles. The van der Waals surface area contributed by atoms with Crippen LogP contribution in [-0.4, -0.2) is 32.7 Å². The quantitative estimate of drug-likeness (QED) is 0.919. The van der Waals surface area contributed by atoms with E-state index < -0.39 is 0 Å². The molecule has 1 unspecified atom stereocenters. The Hall–Kier alpha value is -2.49. The lowest BCUT2D eigenvalue weighted by Gasteiger charge is -2.16. The van der Waals surface area contributed by atoms with E-state index in [1.165, 1.54) is 11.1 Å². The largest absolute Gasteiger partial charge is 0.493 e. The zero-order valence-corrected chi connectivity index (χ0v) is 14.5. The number of amides is 1. The highest BCUT2D eigenvalue weighted by Crippen LogP contribution is 2.26. The molecule has 126 valence electrons. The number of nitrogens with zero attached hydrogens (tertiary/aromatic N) is 1.